The van der Waals surface area contributed by atoms with E-state index in [-0.39, 0.29) is 6.04 Å². The normalized spacial score (nSPS) is 12.9. The van der Waals surface area contributed by atoms with Gasteiger partial charge in [0.2, 0.25) is 5.13 Å². The Morgan fingerprint density at radius 2 is 2.00 bits per heavy atom. The zero-order valence-electron chi connectivity index (χ0n) is 13.8. The first-order valence-electron chi connectivity index (χ1n) is 7.51. The molecule has 0 bridgehead atoms. The van der Waals surface area contributed by atoms with E-state index in [1.54, 1.807) is 0 Å². The third-order valence-corrected chi connectivity index (χ3v) is 4.36. The first-order chi connectivity index (χ1) is 9.92. The van der Waals surface area contributed by atoms with Crippen molar-refractivity contribution in [2.75, 3.05) is 5.32 Å². The monoisotopic (exact) mass is 307 g/mol. The minimum absolute atomic E-state index is 0.235. The Bertz CT molecular complexity index is 599. The van der Waals surface area contributed by atoms with E-state index in [1.165, 1.54) is 22.8 Å². The number of nitrogens with one attached hydrogen (secondary N) is 1. The molecule has 0 aliphatic rings. The molecule has 1 N–H and O–H groups in total. The van der Waals surface area contributed by atoms with Gasteiger partial charge in [0, 0.05) is 36.3 Å². The molecule has 0 aliphatic heterocycles. The number of aromatic nitrogens is 4. The van der Waals surface area contributed by atoms with Crippen LogP contribution in [-0.2, 0) is 13.5 Å². The largest absolute Gasteiger partial charge is 0.353 e. The van der Waals surface area contributed by atoms with Crippen molar-refractivity contribution in [1.82, 2.24) is 19.1 Å². The molecule has 2 rings (SSSR count). The van der Waals surface area contributed by atoms with Gasteiger partial charge in [-0.25, -0.2) is 4.98 Å². The number of hydrogen-bond donors (Lipinski definition) is 1. The molecule has 0 spiro atoms. The first-order valence-corrected chi connectivity index (χ1v) is 8.28. The fourth-order valence-corrected chi connectivity index (χ4v) is 3.23. The average Bonchev–Trinajstić information content (AvgIpc) is 2.93. The number of aryl methyl sites for hydroxylation is 2. The molecule has 1 atom stereocenters. The molecule has 0 radical (unpaired) electrons. The molecule has 1 unspecified atom stereocenters. The Morgan fingerprint density at radius 3 is 2.52 bits per heavy atom. The van der Waals surface area contributed by atoms with Crippen LogP contribution in [0, 0.1) is 19.8 Å². The summed E-state index contributed by atoms with van der Waals surface area (Å²) in [7, 11) is 1.99. The Kier molecular flexibility index (Phi) is 4.98. The molecular formula is C15H25N5S. The third kappa shape index (κ3) is 3.61. The molecule has 0 fully saturated rings. The molecule has 0 aromatic carbocycles. The fourth-order valence-electron chi connectivity index (χ4n) is 2.58. The van der Waals surface area contributed by atoms with Gasteiger partial charge in [-0.05, 0) is 26.2 Å². The Hall–Kier alpha value is -1.43. The summed E-state index contributed by atoms with van der Waals surface area (Å²) in [5.41, 5.74) is 3.57. The average molecular weight is 307 g/mol. The molecule has 0 saturated carbocycles. The summed E-state index contributed by atoms with van der Waals surface area (Å²) in [6, 6.07) is 0.235. The van der Waals surface area contributed by atoms with E-state index in [0.717, 1.165) is 29.5 Å². The minimum atomic E-state index is 0.235. The van der Waals surface area contributed by atoms with E-state index in [4.69, 9.17) is 0 Å². The van der Waals surface area contributed by atoms with Crippen molar-refractivity contribution in [2.24, 2.45) is 13.0 Å². The van der Waals surface area contributed by atoms with Gasteiger partial charge in [0.05, 0.1) is 11.7 Å². The van der Waals surface area contributed by atoms with Crippen LogP contribution in [0.3, 0.4) is 0 Å². The van der Waals surface area contributed by atoms with E-state index >= 15 is 0 Å². The van der Waals surface area contributed by atoms with Crippen LogP contribution >= 0.6 is 11.5 Å². The lowest BCUT2D eigenvalue weighted by Gasteiger charge is -2.16. The van der Waals surface area contributed by atoms with Crippen molar-refractivity contribution in [1.29, 1.82) is 0 Å². The predicted molar refractivity (Wildman–Crippen MR) is 87.8 cm³/mol. The second-order valence-electron chi connectivity index (χ2n) is 5.93. The molecule has 2 aromatic heterocycles. The van der Waals surface area contributed by atoms with Gasteiger partial charge in [-0.2, -0.15) is 9.47 Å². The number of rotatable bonds is 6. The summed E-state index contributed by atoms with van der Waals surface area (Å²) < 4.78 is 6.38. The summed E-state index contributed by atoms with van der Waals surface area (Å²) in [6.07, 6.45) is 1.92. The molecule has 2 aromatic rings. The van der Waals surface area contributed by atoms with Crippen LogP contribution in [0.15, 0.2) is 0 Å². The topological polar surface area (TPSA) is 55.6 Å². The van der Waals surface area contributed by atoms with Crippen LogP contribution in [0.1, 0.15) is 56.0 Å². The van der Waals surface area contributed by atoms with Crippen LogP contribution in [0.25, 0.3) is 0 Å². The van der Waals surface area contributed by atoms with Crippen molar-refractivity contribution in [3.05, 3.63) is 22.8 Å². The van der Waals surface area contributed by atoms with Gasteiger partial charge in [-0.15, -0.1) is 0 Å². The van der Waals surface area contributed by atoms with Crippen molar-refractivity contribution < 1.29 is 0 Å². The van der Waals surface area contributed by atoms with Crippen LogP contribution in [0.2, 0.25) is 0 Å². The van der Waals surface area contributed by atoms with Crippen LogP contribution in [-0.4, -0.2) is 19.1 Å². The van der Waals surface area contributed by atoms with Crippen molar-refractivity contribution >= 4 is 16.7 Å². The number of anilines is 1. The second-order valence-corrected chi connectivity index (χ2v) is 6.68. The molecular weight excluding hydrogens is 282 g/mol. The van der Waals surface area contributed by atoms with Crippen LogP contribution in [0.4, 0.5) is 5.13 Å². The summed E-state index contributed by atoms with van der Waals surface area (Å²) in [5, 5.41) is 8.94. The van der Waals surface area contributed by atoms with Gasteiger partial charge in [0.25, 0.3) is 0 Å². The Morgan fingerprint density at radius 1 is 1.29 bits per heavy atom. The van der Waals surface area contributed by atoms with Gasteiger partial charge in [-0.1, -0.05) is 20.8 Å². The summed E-state index contributed by atoms with van der Waals surface area (Å²) in [4.78, 5) is 4.60. The molecule has 116 valence electrons. The van der Waals surface area contributed by atoms with E-state index in [1.807, 2.05) is 11.7 Å². The fraction of sp³-hybridized carbons (Fsp3) is 0.667. The lowest BCUT2D eigenvalue weighted by molar-refractivity contribution is 0.627. The predicted octanol–water partition coefficient (Wildman–Crippen LogP) is 3.65. The molecule has 0 amide bonds. The zero-order valence-corrected chi connectivity index (χ0v) is 14.6. The quantitative estimate of drug-likeness (QED) is 0.885. The minimum Gasteiger partial charge on any atom is -0.353 e. The SMILES string of the molecule is CCC(Nc1nc(CC(C)C)ns1)c1c(C)nn(C)c1C. The van der Waals surface area contributed by atoms with Crippen molar-refractivity contribution in [2.45, 2.75) is 53.5 Å². The maximum atomic E-state index is 4.60. The second kappa shape index (κ2) is 6.56. The van der Waals surface area contributed by atoms with Crippen LogP contribution < -0.4 is 5.32 Å². The summed E-state index contributed by atoms with van der Waals surface area (Å²) in [5.74, 6) is 1.52. The van der Waals surface area contributed by atoms with Crippen molar-refractivity contribution in [3.63, 3.8) is 0 Å². The Labute approximate surface area is 131 Å². The van der Waals surface area contributed by atoms with E-state index in [9.17, 15) is 0 Å². The molecule has 21 heavy (non-hydrogen) atoms. The van der Waals surface area contributed by atoms with Gasteiger partial charge in [-0.3, -0.25) is 4.68 Å². The maximum Gasteiger partial charge on any atom is 0.203 e. The third-order valence-electron chi connectivity index (χ3n) is 3.68. The number of nitrogens with zero attached hydrogens (tertiary/aromatic N) is 4. The highest BCUT2D eigenvalue weighted by atomic mass is 32.1. The molecule has 0 saturated heterocycles. The Balaban J connectivity index is 2.17. The molecule has 0 aliphatic carbocycles. The molecule has 2 heterocycles. The van der Waals surface area contributed by atoms with Gasteiger partial charge < -0.3 is 5.32 Å². The summed E-state index contributed by atoms with van der Waals surface area (Å²) >= 11 is 1.45. The van der Waals surface area contributed by atoms with Crippen molar-refractivity contribution in [3.8, 4) is 0 Å². The van der Waals surface area contributed by atoms with Gasteiger partial charge in [0.1, 0.15) is 5.82 Å². The maximum absolute atomic E-state index is 4.60. The standard InChI is InChI=1S/C15H25N5S/c1-7-12(14-10(4)18-20(6)11(14)5)16-15-17-13(19-21-15)8-9(2)3/h9,12H,7-8H2,1-6H3,(H,16,17,19). The van der Waals surface area contributed by atoms with E-state index in [2.05, 4.69) is 54.4 Å². The van der Waals surface area contributed by atoms with E-state index in [0.29, 0.717) is 5.92 Å². The molecule has 5 nitrogen and oxygen atoms in total. The summed E-state index contributed by atoms with van der Waals surface area (Å²) in [6.45, 7) is 10.7. The first kappa shape index (κ1) is 15.9. The van der Waals surface area contributed by atoms with E-state index < -0.39 is 0 Å². The van der Waals surface area contributed by atoms with Gasteiger partial charge in [0.15, 0.2) is 0 Å². The zero-order chi connectivity index (χ0) is 15.6. The highest BCUT2D eigenvalue weighted by Gasteiger charge is 2.20. The highest BCUT2D eigenvalue weighted by molar-refractivity contribution is 7.09. The number of hydrogen-bond acceptors (Lipinski definition) is 5. The van der Waals surface area contributed by atoms with Crippen LogP contribution in [0.5, 0.6) is 0 Å². The highest BCUT2D eigenvalue weighted by Crippen LogP contribution is 2.28. The molecule has 6 heteroatoms. The van der Waals surface area contributed by atoms with Gasteiger partial charge >= 0.3 is 0 Å². The smallest absolute Gasteiger partial charge is 0.203 e. The lowest BCUT2D eigenvalue weighted by atomic mass is 10.0. The lowest BCUT2D eigenvalue weighted by Crippen LogP contribution is -2.12.